The third-order valence-electron chi connectivity index (χ3n) is 6.62. The van der Waals surface area contributed by atoms with Gasteiger partial charge in [-0.25, -0.2) is 4.90 Å². The number of carbonyl (C=O) groups excluding carboxylic acids is 4. The minimum absolute atomic E-state index is 0.201. The number of esters is 1. The Hall–Kier alpha value is -3.52. The van der Waals surface area contributed by atoms with Crippen LogP contribution in [0.2, 0.25) is 0 Å². The predicted molar refractivity (Wildman–Crippen MR) is 116 cm³/mol. The molecular weight excluding hydrogens is 410 g/mol. The van der Waals surface area contributed by atoms with Gasteiger partial charge >= 0.3 is 5.97 Å². The van der Waals surface area contributed by atoms with Crippen molar-refractivity contribution >= 4 is 35.1 Å². The highest BCUT2D eigenvalue weighted by molar-refractivity contribution is 6.26. The van der Waals surface area contributed by atoms with Crippen molar-refractivity contribution in [2.24, 2.45) is 11.8 Å². The number of imide groups is 1. The minimum atomic E-state index is -1.41. The Labute approximate surface area is 185 Å². The standard InChI is InChI=1S/C24H23N3O5/c1-3-32-18(28)13-26-17-12-8-7-11-16(17)24(23(26)31)20-19(14(2)25-24)21(29)27(22(20)30)15-9-5-4-6-10-15/h4-12,14,19-20,25H,3,13H2,1-2H3/t14-,19+,20+,24+/m0/s1. The zero-order valence-corrected chi connectivity index (χ0v) is 17.8. The SMILES string of the molecule is CCOC(=O)CN1C(=O)[C@@]2(N[C@@H](C)[C@H]3C(=O)N(c4ccccc4)C(=O)[C@@H]32)c2ccccc21. The van der Waals surface area contributed by atoms with Crippen molar-refractivity contribution in [2.45, 2.75) is 25.4 Å². The van der Waals surface area contributed by atoms with Crippen LogP contribution in [0, 0.1) is 11.8 Å². The number of ether oxygens (including phenoxy) is 1. The lowest BCUT2D eigenvalue weighted by Gasteiger charge is -2.30. The Bertz CT molecular complexity index is 1130. The highest BCUT2D eigenvalue weighted by Gasteiger charge is 2.71. The molecule has 2 saturated heterocycles. The fourth-order valence-electron chi connectivity index (χ4n) is 5.43. The summed E-state index contributed by atoms with van der Waals surface area (Å²) in [5, 5.41) is 3.29. The van der Waals surface area contributed by atoms with E-state index in [9.17, 15) is 19.2 Å². The van der Waals surface area contributed by atoms with Gasteiger partial charge in [0, 0.05) is 17.3 Å². The molecule has 2 aromatic rings. The lowest BCUT2D eigenvalue weighted by Crippen LogP contribution is -2.55. The van der Waals surface area contributed by atoms with Crippen LogP contribution in [-0.4, -0.2) is 42.9 Å². The van der Waals surface area contributed by atoms with E-state index in [1.54, 1.807) is 55.5 Å². The molecule has 0 unspecified atom stereocenters. The number of fused-ring (bicyclic) bond motifs is 4. The van der Waals surface area contributed by atoms with Crippen molar-refractivity contribution < 1.29 is 23.9 Å². The number of nitrogens with one attached hydrogen (secondary N) is 1. The van der Waals surface area contributed by atoms with Crippen molar-refractivity contribution in [2.75, 3.05) is 23.0 Å². The molecule has 8 heteroatoms. The quantitative estimate of drug-likeness (QED) is 0.581. The summed E-state index contributed by atoms with van der Waals surface area (Å²) in [5.41, 5.74) is 0.221. The maximum absolute atomic E-state index is 13.9. The molecule has 3 aliphatic rings. The number of rotatable bonds is 4. The maximum atomic E-state index is 13.9. The van der Waals surface area contributed by atoms with Gasteiger partial charge < -0.3 is 4.74 Å². The molecule has 0 bridgehead atoms. The normalized spacial score (nSPS) is 28.4. The summed E-state index contributed by atoms with van der Waals surface area (Å²) in [4.78, 5) is 55.7. The molecule has 32 heavy (non-hydrogen) atoms. The average molecular weight is 433 g/mol. The smallest absolute Gasteiger partial charge is 0.326 e. The highest BCUT2D eigenvalue weighted by atomic mass is 16.5. The first kappa shape index (κ1) is 20.4. The van der Waals surface area contributed by atoms with Crippen molar-refractivity contribution in [3.8, 4) is 0 Å². The number of carbonyl (C=O) groups is 4. The van der Waals surface area contributed by atoms with Crippen LogP contribution in [-0.2, 0) is 29.5 Å². The Morgan fingerprint density at radius 2 is 1.72 bits per heavy atom. The van der Waals surface area contributed by atoms with Gasteiger partial charge in [-0.1, -0.05) is 36.4 Å². The van der Waals surface area contributed by atoms with E-state index in [1.807, 2.05) is 13.0 Å². The Kier molecular flexibility index (Phi) is 4.63. The summed E-state index contributed by atoms with van der Waals surface area (Å²) in [5.74, 6) is -3.29. The molecule has 8 nitrogen and oxygen atoms in total. The van der Waals surface area contributed by atoms with E-state index in [1.165, 1.54) is 9.80 Å². The van der Waals surface area contributed by atoms with Gasteiger partial charge in [0.25, 0.3) is 5.91 Å². The first-order valence-corrected chi connectivity index (χ1v) is 10.7. The van der Waals surface area contributed by atoms with Crippen molar-refractivity contribution in [1.82, 2.24) is 5.32 Å². The third-order valence-corrected chi connectivity index (χ3v) is 6.62. The molecule has 3 heterocycles. The van der Waals surface area contributed by atoms with Gasteiger partial charge in [0.1, 0.15) is 12.1 Å². The Morgan fingerprint density at radius 3 is 2.44 bits per heavy atom. The van der Waals surface area contributed by atoms with Crippen LogP contribution in [0.4, 0.5) is 11.4 Å². The predicted octanol–water partition coefficient (Wildman–Crippen LogP) is 1.59. The Balaban J connectivity index is 1.62. The van der Waals surface area contributed by atoms with Gasteiger partial charge in [-0.15, -0.1) is 0 Å². The molecule has 3 aliphatic heterocycles. The van der Waals surface area contributed by atoms with Gasteiger partial charge in [-0.05, 0) is 32.0 Å². The summed E-state index contributed by atoms with van der Waals surface area (Å²) in [7, 11) is 0. The molecule has 0 saturated carbocycles. The largest absolute Gasteiger partial charge is 0.465 e. The maximum Gasteiger partial charge on any atom is 0.326 e. The van der Waals surface area contributed by atoms with Crippen LogP contribution in [0.15, 0.2) is 54.6 Å². The molecule has 0 aliphatic carbocycles. The van der Waals surface area contributed by atoms with E-state index < -0.39 is 41.2 Å². The minimum Gasteiger partial charge on any atom is -0.465 e. The average Bonchev–Trinajstić information content (AvgIpc) is 3.33. The number of amides is 3. The number of anilines is 2. The number of hydrogen-bond acceptors (Lipinski definition) is 6. The van der Waals surface area contributed by atoms with Gasteiger partial charge in [-0.3, -0.25) is 29.4 Å². The summed E-state index contributed by atoms with van der Waals surface area (Å²) in [6.07, 6.45) is 0. The Morgan fingerprint density at radius 1 is 1.03 bits per heavy atom. The van der Waals surface area contributed by atoms with Crippen LogP contribution in [0.3, 0.4) is 0 Å². The lowest BCUT2D eigenvalue weighted by atomic mass is 9.76. The third kappa shape index (κ3) is 2.59. The topological polar surface area (TPSA) is 96.0 Å². The number of nitrogens with zero attached hydrogens (tertiary/aromatic N) is 2. The molecule has 3 amide bonds. The zero-order chi connectivity index (χ0) is 22.6. The van der Waals surface area contributed by atoms with E-state index >= 15 is 0 Å². The van der Waals surface area contributed by atoms with E-state index in [0.29, 0.717) is 16.9 Å². The number of para-hydroxylation sites is 2. The fraction of sp³-hybridized carbons (Fsp3) is 0.333. The fourth-order valence-corrected chi connectivity index (χ4v) is 5.43. The monoisotopic (exact) mass is 433 g/mol. The van der Waals surface area contributed by atoms with Gasteiger partial charge in [0.2, 0.25) is 11.8 Å². The van der Waals surface area contributed by atoms with Crippen molar-refractivity contribution in [3.63, 3.8) is 0 Å². The molecule has 2 fully saturated rings. The second kappa shape index (κ2) is 7.27. The van der Waals surface area contributed by atoms with Gasteiger partial charge in [0.05, 0.1) is 24.1 Å². The molecule has 164 valence electrons. The van der Waals surface area contributed by atoms with Crippen molar-refractivity contribution in [3.05, 3.63) is 60.2 Å². The summed E-state index contributed by atoms with van der Waals surface area (Å²) in [6, 6.07) is 15.4. The van der Waals surface area contributed by atoms with Crippen LogP contribution >= 0.6 is 0 Å². The van der Waals surface area contributed by atoms with E-state index in [-0.39, 0.29) is 19.1 Å². The number of hydrogen-bond donors (Lipinski definition) is 1. The highest BCUT2D eigenvalue weighted by Crippen LogP contribution is 2.54. The first-order chi connectivity index (χ1) is 15.4. The lowest BCUT2D eigenvalue weighted by molar-refractivity contribution is -0.142. The van der Waals surface area contributed by atoms with Crippen LogP contribution in [0.1, 0.15) is 19.4 Å². The van der Waals surface area contributed by atoms with Crippen LogP contribution < -0.4 is 15.1 Å². The number of benzene rings is 2. The molecule has 1 spiro atoms. The molecular formula is C24H23N3O5. The molecule has 2 aromatic carbocycles. The molecule has 1 N–H and O–H groups in total. The van der Waals surface area contributed by atoms with E-state index in [2.05, 4.69) is 5.32 Å². The van der Waals surface area contributed by atoms with E-state index in [0.717, 1.165) is 0 Å². The summed E-state index contributed by atoms with van der Waals surface area (Å²) < 4.78 is 5.06. The van der Waals surface area contributed by atoms with Crippen LogP contribution in [0.5, 0.6) is 0 Å². The zero-order valence-electron chi connectivity index (χ0n) is 17.8. The van der Waals surface area contributed by atoms with Gasteiger partial charge in [-0.2, -0.15) is 0 Å². The van der Waals surface area contributed by atoms with Gasteiger partial charge in [0.15, 0.2) is 0 Å². The summed E-state index contributed by atoms with van der Waals surface area (Å²) >= 11 is 0. The molecule has 0 aromatic heterocycles. The second-order valence-electron chi connectivity index (χ2n) is 8.31. The summed E-state index contributed by atoms with van der Waals surface area (Å²) in [6.45, 7) is 3.46. The second-order valence-corrected chi connectivity index (χ2v) is 8.31. The van der Waals surface area contributed by atoms with E-state index in [4.69, 9.17) is 4.74 Å². The first-order valence-electron chi connectivity index (χ1n) is 10.7. The van der Waals surface area contributed by atoms with Crippen LogP contribution in [0.25, 0.3) is 0 Å². The molecule has 0 radical (unpaired) electrons. The molecule has 4 atom stereocenters. The van der Waals surface area contributed by atoms with Crippen molar-refractivity contribution in [1.29, 1.82) is 0 Å². The molecule has 5 rings (SSSR count).